The van der Waals surface area contributed by atoms with E-state index in [1.165, 1.54) is 96.4 Å². The Bertz CT molecular complexity index is 190. The molecule has 0 aromatic rings. The monoisotopic (exact) mass is 442 g/mol. The van der Waals surface area contributed by atoms with Crippen molar-refractivity contribution in [2.75, 3.05) is 27.7 Å². The van der Waals surface area contributed by atoms with Gasteiger partial charge in [0, 0.05) is 0 Å². The van der Waals surface area contributed by atoms with Crippen molar-refractivity contribution < 1.29 is 38.4 Å². The summed E-state index contributed by atoms with van der Waals surface area (Å²) in [5, 5.41) is 0. The minimum absolute atomic E-state index is 0. The zero-order chi connectivity index (χ0) is 15.1. The molecule has 0 rings (SSSR count). The molecule has 138 valence electrons. The molecular weight excluding hydrogens is 402 g/mol. The Labute approximate surface area is 162 Å². The molecule has 0 aliphatic heterocycles. The molecule has 0 aliphatic rings. The molecule has 0 spiro atoms. The summed E-state index contributed by atoms with van der Waals surface area (Å²) >= 11 is 0. The minimum Gasteiger partial charge on any atom is -1.00 e. The van der Waals surface area contributed by atoms with Crippen LogP contribution in [0, 0.1) is 0 Å². The maximum atomic E-state index is 2.29. The molecule has 0 heterocycles. The van der Waals surface area contributed by atoms with Crippen molar-refractivity contribution in [3.05, 3.63) is 0 Å². The summed E-state index contributed by atoms with van der Waals surface area (Å²) in [6.07, 6.45) is 20.4. The first-order valence-corrected chi connectivity index (χ1v) is 9.36. The summed E-state index contributed by atoms with van der Waals surface area (Å²) in [7, 11) is 6.88. The van der Waals surface area contributed by atoms with Gasteiger partial charge < -0.3 is 38.4 Å². The van der Waals surface area contributed by atoms with Gasteiger partial charge >= 0.3 is 0 Å². The van der Waals surface area contributed by atoms with Gasteiger partial charge in [0.25, 0.3) is 0 Å². The van der Waals surface area contributed by atoms with Crippen LogP contribution in [0.4, 0.5) is 0 Å². The SMILES string of the molecule is CCCCCCCCCCCCCCCC[N+](C)(C)C.[Br-].[Br-]. The van der Waals surface area contributed by atoms with Crippen molar-refractivity contribution in [2.45, 2.75) is 96.8 Å². The summed E-state index contributed by atoms with van der Waals surface area (Å²) in [5.74, 6) is 0. The van der Waals surface area contributed by atoms with E-state index in [9.17, 15) is 0 Å². The number of halogens is 2. The number of unbranched alkanes of at least 4 members (excludes halogenated alkanes) is 13. The van der Waals surface area contributed by atoms with Crippen molar-refractivity contribution >= 4 is 0 Å². The zero-order valence-electron chi connectivity index (χ0n) is 15.8. The number of hydrogen-bond donors (Lipinski definition) is 0. The molecule has 0 aromatic carbocycles. The van der Waals surface area contributed by atoms with Crippen molar-refractivity contribution in [2.24, 2.45) is 0 Å². The fourth-order valence-corrected chi connectivity index (χ4v) is 2.78. The quantitative estimate of drug-likeness (QED) is 0.250. The Morgan fingerprint density at radius 2 is 0.727 bits per heavy atom. The van der Waals surface area contributed by atoms with Gasteiger partial charge in [0.15, 0.2) is 0 Å². The van der Waals surface area contributed by atoms with Crippen molar-refractivity contribution in [1.82, 2.24) is 0 Å². The summed E-state index contributed by atoms with van der Waals surface area (Å²) in [6, 6.07) is 0. The second-order valence-corrected chi connectivity index (χ2v) is 7.61. The minimum atomic E-state index is 0. The average molecular weight is 444 g/mol. The van der Waals surface area contributed by atoms with Crippen molar-refractivity contribution in [3.63, 3.8) is 0 Å². The second kappa shape index (κ2) is 20.0. The maximum Gasteiger partial charge on any atom is 0.0780 e. The summed E-state index contributed by atoms with van der Waals surface area (Å²) in [5.41, 5.74) is 0. The number of hydrogen-bond acceptors (Lipinski definition) is 0. The summed E-state index contributed by atoms with van der Waals surface area (Å²) < 4.78 is 1.12. The fourth-order valence-electron chi connectivity index (χ4n) is 2.78. The molecule has 3 heteroatoms. The predicted molar refractivity (Wildman–Crippen MR) is 93.2 cm³/mol. The van der Waals surface area contributed by atoms with Crippen LogP contribution in [-0.2, 0) is 0 Å². The molecule has 0 aromatic heterocycles. The van der Waals surface area contributed by atoms with Crippen LogP contribution in [-0.4, -0.2) is 32.2 Å². The Balaban J connectivity index is -0.00000180. The van der Waals surface area contributed by atoms with Gasteiger partial charge in [-0.3, -0.25) is 0 Å². The van der Waals surface area contributed by atoms with Crippen LogP contribution >= 0.6 is 0 Å². The molecule has 0 atom stereocenters. The van der Waals surface area contributed by atoms with Gasteiger partial charge in [-0.1, -0.05) is 84.0 Å². The van der Waals surface area contributed by atoms with Crippen LogP contribution in [0.3, 0.4) is 0 Å². The average Bonchev–Trinajstić information content (AvgIpc) is 2.38. The van der Waals surface area contributed by atoms with Gasteiger partial charge in [-0.25, -0.2) is 0 Å². The van der Waals surface area contributed by atoms with E-state index >= 15 is 0 Å². The van der Waals surface area contributed by atoms with Gasteiger partial charge in [0.2, 0.25) is 0 Å². The topological polar surface area (TPSA) is 0 Å². The van der Waals surface area contributed by atoms with E-state index in [4.69, 9.17) is 0 Å². The molecule has 0 unspecified atom stereocenters. The predicted octanol–water partition coefficient (Wildman–Crippen LogP) is 0.182. The lowest BCUT2D eigenvalue weighted by Gasteiger charge is -2.23. The molecule has 0 fully saturated rings. The molecule has 0 bridgehead atoms. The van der Waals surface area contributed by atoms with Gasteiger partial charge in [-0.05, 0) is 12.8 Å². The Hall–Kier alpha value is 0.920. The first-order chi connectivity index (χ1) is 9.56. The highest BCUT2D eigenvalue weighted by molar-refractivity contribution is 4.49. The van der Waals surface area contributed by atoms with Gasteiger partial charge in [-0.15, -0.1) is 0 Å². The molecule has 0 N–H and O–H groups in total. The van der Waals surface area contributed by atoms with Crippen LogP contribution < -0.4 is 34.0 Å². The molecule has 0 amide bonds. The normalized spacial score (nSPS) is 10.9. The third-order valence-electron chi connectivity index (χ3n) is 4.18. The Morgan fingerprint density at radius 3 is 1.00 bits per heavy atom. The highest BCUT2D eigenvalue weighted by atomic mass is 79.9. The van der Waals surface area contributed by atoms with Crippen LogP contribution in [0.1, 0.15) is 96.8 Å². The molecular formula is C19H42Br2N-. The number of quaternary nitrogens is 1. The molecule has 1 nitrogen and oxygen atoms in total. The third kappa shape index (κ3) is 25.9. The van der Waals surface area contributed by atoms with E-state index in [2.05, 4.69) is 28.1 Å². The lowest BCUT2D eigenvalue weighted by atomic mass is 10.0. The van der Waals surface area contributed by atoms with Crippen LogP contribution in [0.15, 0.2) is 0 Å². The van der Waals surface area contributed by atoms with Gasteiger partial charge in [-0.2, -0.15) is 0 Å². The van der Waals surface area contributed by atoms with Crippen LogP contribution in [0.25, 0.3) is 0 Å². The fraction of sp³-hybridized carbons (Fsp3) is 1.00. The summed E-state index contributed by atoms with van der Waals surface area (Å²) in [6.45, 7) is 3.63. The molecule has 22 heavy (non-hydrogen) atoms. The highest BCUT2D eigenvalue weighted by Gasteiger charge is 2.04. The zero-order valence-corrected chi connectivity index (χ0v) is 19.0. The van der Waals surface area contributed by atoms with E-state index in [1.807, 2.05) is 0 Å². The largest absolute Gasteiger partial charge is 1.00 e. The van der Waals surface area contributed by atoms with E-state index in [0.717, 1.165) is 4.48 Å². The van der Waals surface area contributed by atoms with Crippen LogP contribution in [0.5, 0.6) is 0 Å². The Kier molecular flexibility index (Phi) is 25.2. The highest BCUT2D eigenvalue weighted by Crippen LogP contribution is 2.13. The molecule has 0 radical (unpaired) electrons. The molecule has 0 saturated heterocycles. The number of rotatable bonds is 15. The van der Waals surface area contributed by atoms with E-state index < -0.39 is 0 Å². The van der Waals surface area contributed by atoms with E-state index in [0.29, 0.717) is 0 Å². The molecule has 0 aliphatic carbocycles. The smallest absolute Gasteiger partial charge is 0.0780 e. The van der Waals surface area contributed by atoms with E-state index in [1.54, 1.807) is 0 Å². The number of nitrogens with zero attached hydrogens (tertiary/aromatic N) is 1. The second-order valence-electron chi connectivity index (χ2n) is 7.61. The van der Waals surface area contributed by atoms with Crippen LogP contribution in [0.2, 0.25) is 0 Å². The van der Waals surface area contributed by atoms with Crippen molar-refractivity contribution in [1.29, 1.82) is 0 Å². The first kappa shape index (κ1) is 27.8. The van der Waals surface area contributed by atoms with Crippen molar-refractivity contribution in [3.8, 4) is 0 Å². The standard InChI is InChI=1S/C19H42N.2BrH/c1-5-6-7-8-9-10-11-12-13-14-15-16-17-18-19-20(2,3)4;;/h5-19H2,1-4H3;2*1H/q+1;;/p-2. The van der Waals surface area contributed by atoms with Gasteiger partial charge in [0.1, 0.15) is 0 Å². The third-order valence-corrected chi connectivity index (χ3v) is 4.18. The lowest BCUT2D eigenvalue weighted by Crippen LogP contribution is -3.00. The maximum absolute atomic E-state index is 2.29. The summed E-state index contributed by atoms with van der Waals surface area (Å²) in [4.78, 5) is 0. The Morgan fingerprint density at radius 1 is 0.455 bits per heavy atom. The lowest BCUT2D eigenvalue weighted by molar-refractivity contribution is -0.870. The van der Waals surface area contributed by atoms with Gasteiger partial charge in [0.05, 0.1) is 27.7 Å². The molecule has 0 saturated carbocycles. The van der Waals surface area contributed by atoms with E-state index in [-0.39, 0.29) is 34.0 Å². The first-order valence-electron chi connectivity index (χ1n) is 9.36.